The number of rotatable bonds is 5. The first kappa shape index (κ1) is 18.3. The number of piperidine rings is 1. The number of halogens is 3. The molecule has 0 radical (unpaired) electrons. The molecule has 1 aliphatic rings. The van der Waals surface area contributed by atoms with Crippen LogP contribution >= 0.6 is 0 Å². The summed E-state index contributed by atoms with van der Waals surface area (Å²) in [7, 11) is 0. The molecule has 0 N–H and O–H groups in total. The highest BCUT2D eigenvalue weighted by atomic mass is 19.3. The van der Waals surface area contributed by atoms with E-state index in [0.29, 0.717) is 36.6 Å². The van der Waals surface area contributed by atoms with Crippen LogP contribution in [0.2, 0.25) is 0 Å². The van der Waals surface area contributed by atoms with Crippen LogP contribution in [-0.2, 0) is 0 Å². The second kappa shape index (κ2) is 7.25. The van der Waals surface area contributed by atoms with Crippen LogP contribution in [0.15, 0.2) is 18.2 Å². The van der Waals surface area contributed by atoms with Crippen LogP contribution in [0.3, 0.4) is 0 Å². The molecule has 4 heteroatoms. The molecule has 1 saturated heterocycles. The largest absolute Gasteiger partial charge is 0.297 e. The van der Waals surface area contributed by atoms with Gasteiger partial charge in [0, 0.05) is 0 Å². The molecule has 2 rings (SSSR count). The lowest BCUT2D eigenvalue weighted by molar-refractivity contribution is -0.0833. The van der Waals surface area contributed by atoms with E-state index in [1.54, 1.807) is 12.1 Å². The molecule has 1 aromatic carbocycles. The average Bonchev–Trinajstić information content (AvgIpc) is 2.43. The van der Waals surface area contributed by atoms with Crippen molar-refractivity contribution in [2.24, 2.45) is 5.92 Å². The molecular formula is C19H28F3N. The van der Waals surface area contributed by atoms with Crippen LogP contribution in [0, 0.1) is 11.7 Å². The Morgan fingerprint density at radius 3 is 2.43 bits per heavy atom. The normalized spacial score (nSPS) is 22.0. The van der Waals surface area contributed by atoms with Crippen LogP contribution in [0.5, 0.6) is 0 Å². The van der Waals surface area contributed by atoms with Crippen LogP contribution < -0.4 is 0 Å². The fourth-order valence-electron chi connectivity index (χ4n) is 3.28. The van der Waals surface area contributed by atoms with Gasteiger partial charge in [-0.25, -0.2) is 13.2 Å². The Bertz CT molecular complexity index is 525. The highest BCUT2D eigenvalue weighted by molar-refractivity contribution is 5.30. The Kier molecular flexibility index (Phi) is 5.77. The Labute approximate surface area is 137 Å². The minimum atomic E-state index is -2.80. The standard InChI is InChI=1S/C19H28F3N/c1-13(2)7-9-23-10-8-17(19(21,22)12-23)15-5-6-16(14(3)4)18(20)11-15/h5-6,11,13-14,17H,7-10,12H2,1-4H3/t17-/m1/s1. The van der Waals surface area contributed by atoms with Gasteiger partial charge >= 0.3 is 0 Å². The summed E-state index contributed by atoms with van der Waals surface area (Å²) in [6.07, 6.45) is 1.31. The van der Waals surface area contributed by atoms with E-state index in [0.717, 1.165) is 6.42 Å². The highest BCUT2D eigenvalue weighted by Crippen LogP contribution is 2.41. The third-order valence-corrected chi connectivity index (χ3v) is 4.75. The lowest BCUT2D eigenvalue weighted by Crippen LogP contribution is -2.47. The molecule has 0 unspecified atom stereocenters. The quantitative estimate of drug-likeness (QED) is 0.698. The Morgan fingerprint density at radius 2 is 1.91 bits per heavy atom. The molecule has 1 nitrogen and oxygen atoms in total. The number of hydrogen-bond acceptors (Lipinski definition) is 1. The number of nitrogens with zero attached hydrogens (tertiary/aromatic N) is 1. The summed E-state index contributed by atoms with van der Waals surface area (Å²) in [5.74, 6) is -3.48. The number of hydrogen-bond donors (Lipinski definition) is 0. The number of benzene rings is 1. The maximum Gasteiger partial charge on any atom is 0.267 e. The number of alkyl halides is 2. The monoisotopic (exact) mass is 327 g/mol. The number of likely N-dealkylation sites (tertiary alicyclic amines) is 1. The summed E-state index contributed by atoms with van der Waals surface area (Å²) < 4.78 is 43.3. The smallest absolute Gasteiger partial charge is 0.267 e. The van der Waals surface area contributed by atoms with Crippen molar-refractivity contribution in [1.29, 1.82) is 0 Å². The predicted molar refractivity (Wildman–Crippen MR) is 88.7 cm³/mol. The van der Waals surface area contributed by atoms with E-state index in [-0.39, 0.29) is 18.3 Å². The van der Waals surface area contributed by atoms with Crippen LogP contribution in [0.25, 0.3) is 0 Å². The third-order valence-electron chi connectivity index (χ3n) is 4.75. The van der Waals surface area contributed by atoms with Gasteiger partial charge in [0.2, 0.25) is 0 Å². The van der Waals surface area contributed by atoms with Crippen molar-refractivity contribution >= 4 is 0 Å². The van der Waals surface area contributed by atoms with Crippen molar-refractivity contribution in [3.63, 3.8) is 0 Å². The highest BCUT2D eigenvalue weighted by Gasteiger charge is 2.45. The summed E-state index contributed by atoms with van der Waals surface area (Å²) in [5, 5.41) is 0. The van der Waals surface area contributed by atoms with Gasteiger partial charge in [-0.05, 0) is 55.0 Å². The Balaban J connectivity index is 2.11. The minimum absolute atomic E-state index is 0.0578. The molecule has 1 aliphatic heterocycles. The first-order valence-corrected chi connectivity index (χ1v) is 8.60. The third kappa shape index (κ3) is 4.50. The minimum Gasteiger partial charge on any atom is -0.297 e. The zero-order chi connectivity index (χ0) is 17.2. The molecule has 0 saturated carbocycles. The lowest BCUT2D eigenvalue weighted by Gasteiger charge is -2.39. The molecule has 1 aromatic rings. The summed E-state index contributed by atoms with van der Waals surface area (Å²) in [4.78, 5) is 1.84. The van der Waals surface area contributed by atoms with Gasteiger partial charge in [0.15, 0.2) is 0 Å². The van der Waals surface area contributed by atoms with E-state index < -0.39 is 11.8 Å². The van der Waals surface area contributed by atoms with Gasteiger partial charge in [0.05, 0.1) is 12.5 Å². The lowest BCUT2D eigenvalue weighted by atomic mass is 9.85. The van der Waals surface area contributed by atoms with E-state index in [2.05, 4.69) is 13.8 Å². The molecule has 0 amide bonds. The second-order valence-electron chi connectivity index (χ2n) is 7.50. The van der Waals surface area contributed by atoms with Crippen molar-refractivity contribution in [2.75, 3.05) is 19.6 Å². The summed E-state index contributed by atoms with van der Waals surface area (Å²) in [6.45, 7) is 9.15. The first-order valence-electron chi connectivity index (χ1n) is 8.60. The van der Waals surface area contributed by atoms with Crippen molar-refractivity contribution in [2.45, 2.75) is 58.3 Å². The maximum atomic E-state index is 14.6. The van der Waals surface area contributed by atoms with E-state index in [1.165, 1.54) is 6.07 Å². The molecule has 0 spiro atoms. The van der Waals surface area contributed by atoms with E-state index in [1.807, 2.05) is 18.7 Å². The zero-order valence-corrected chi connectivity index (χ0v) is 14.6. The Morgan fingerprint density at radius 1 is 1.22 bits per heavy atom. The molecule has 0 aromatic heterocycles. The SMILES string of the molecule is CC(C)CCN1CC[C@H](c2ccc(C(C)C)c(F)c2)C(F)(F)C1. The molecule has 1 fully saturated rings. The van der Waals surface area contributed by atoms with Gasteiger partial charge in [0.1, 0.15) is 5.82 Å². The van der Waals surface area contributed by atoms with Gasteiger partial charge in [-0.1, -0.05) is 39.8 Å². The van der Waals surface area contributed by atoms with Crippen LogP contribution in [-0.4, -0.2) is 30.5 Å². The van der Waals surface area contributed by atoms with Crippen molar-refractivity contribution in [3.8, 4) is 0 Å². The van der Waals surface area contributed by atoms with Crippen LogP contribution in [0.1, 0.15) is 63.5 Å². The van der Waals surface area contributed by atoms with Crippen LogP contribution in [0.4, 0.5) is 13.2 Å². The maximum absolute atomic E-state index is 14.6. The second-order valence-corrected chi connectivity index (χ2v) is 7.50. The van der Waals surface area contributed by atoms with E-state index in [9.17, 15) is 13.2 Å². The molecule has 1 heterocycles. The van der Waals surface area contributed by atoms with Gasteiger partial charge < -0.3 is 0 Å². The molecule has 23 heavy (non-hydrogen) atoms. The molecular weight excluding hydrogens is 299 g/mol. The van der Waals surface area contributed by atoms with Gasteiger partial charge in [-0.3, -0.25) is 4.90 Å². The van der Waals surface area contributed by atoms with Crippen molar-refractivity contribution in [1.82, 2.24) is 4.90 Å². The zero-order valence-electron chi connectivity index (χ0n) is 14.6. The van der Waals surface area contributed by atoms with Gasteiger partial charge in [0.25, 0.3) is 5.92 Å². The first-order chi connectivity index (χ1) is 10.7. The van der Waals surface area contributed by atoms with E-state index in [4.69, 9.17) is 0 Å². The van der Waals surface area contributed by atoms with Gasteiger partial charge in [-0.2, -0.15) is 0 Å². The Hall–Kier alpha value is -1.03. The average molecular weight is 327 g/mol. The van der Waals surface area contributed by atoms with Crippen molar-refractivity contribution in [3.05, 3.63) is 35.1 Å². The summed E-state index contributed by atoms with van der Waals surface area (Å²) in [6, 6.07) is 4.66. The summed E-state index contributed by atoms with van der Waals surface area (Å²) >= 11 is 0. The summed E-state index contributed by atoms with van der Waals surface area (Å²) in [5.41, 5.74) is 1.02. The topological polar surface area (TPSA) is 3.24 Å². The fraction of sp³-hybridized carbons (Fsp3) is 0.684. The molecule has 1 atom stereocenters. The van der Waals surface area contributed by atoms with Crippen molar-refractivity contribution < 1.29 is 13.2 Å². The van der Waals surface area contributed by atoms with Gasteiger partial charge in [-0.15, -0.1) is 0 Å². The van der Waals surface area contributed by atoms with E-state index >= 15 is 0 Å². The molecule has 0 aliphatic carbocycles. The fourth-order valence-corrected chi connectivity index (χ4v) is 3.28. The predicted octanol–water partition coefficient (Wildman–Crippen LogP) is 5.42. The molecule has 130 valence electrons. The molecule has 0 bridgehead atoms.